The van der Waals surface area contributed by atoms with E-state index in [9.17, 15) is 0 Å². The Morgan fingerprint density at radius 1 is 1.44 bits per heavy atom. The molecular formula is C14H21NS. The van der Waals surface area contributed by atoms with Gasteiger partial charge in [0, 0.05) is 17.5 Å². The van der Waals surface area contributed by atoms with Crippen LogP contribution >= 0.6 is 11.8 Å². The minimum absolute atomic E-state index is 0.677. The lowest BCUT2D eigenvalue weighted by Crippen LogP contribution is -2.27. The molecule has 0 saturated heterocycles. The summed E-state index contributed by atoms with van der Waals surface area (Å²) in [5.41, 5.74) is 2.79. The summed E-state index contributed by atoms with van der Waals surface area (Å²) in [5.74, 6) is 0.933. The van der Waals surface area contributed by atoms with Gasteiger partial charge in [0.2, 0.25) is 0 Å². The summed E-state index contributed by atoms with van der Waals surface area (Å²) >= 11 is 1.85. The largest absolute Gasteiger partial charge is 0.310 e. The number of rotatable bonds is 5. The van der Waals surface area contributed by atoms with Crippen LogP contribution in [0.5, 0.6) is 0 Å². The molecule has 1 saturated carbocycles. The summed E-state index contributed by atoms with van der Waals surface area (Å²) in [6.07, 6.45) is 4.98. The van der Waals surface area contributed by atoms with E-state index >= 15 is 0 Å². The first-order valence-electron chi connectivity index (χ1n) is 6.07. The Bertz CT molecular complexity index is 358. The van der Waals surface area contributed by atoms with E-state index in [1.54, 1.807) is 0 Å². The fourth-order valence-corrected chi connectivity index (χ4v) is 2.74. The Morgan fingerprint density at radius 2 is 2.19 bits per heavy atom. The topological polar surface area (TPSA) is 12.0 Å². The second-order valence-electron chi connectivity index (χ2n) is 4.82. The molecular weight excluding hydrogens is 214 g/mol. The monoisotopic (exact) mass is 235 g/mol. The Kier molecular flexibility index (Phi) is 3.93. The molecule has 2 rings (SSSR count). The Morgan fingerprint density at radius 3 is 2.81 bits per heavy atom. The minimum atomic E-state index is 0.677. The van der Waals surface area contributed by atoms with Crippen LogP contribution in [0.15, 0.2) is 23.1 Å². The quantitative estimate of drug-likeness (QED) is 0.783. The van der Waals surface area contributed by atoms with Gasteiger partial charge in [0.1, 0.15) is 0 Å². The number of hydrogen-bond donors (Lipinski definition) is 1. The highest BCUT2D eigenvalue weighted by Gasteiger charge is 2.27. The van der Waals surface area contributed by atoms with Crippen molar-refractivity contribution in [3.63, 3.8) is 0 Å². The molecule has 1 unspecified atom stereocenters. The molecule has 0 radical (unpaired) electrons. The molecule has 1 fully saturated rings. The highest BCUT2D eigenvalue weighted by atomic mass is 32.2. The van der Waals surface area contributed by atoms with Gasteiger partial charge in [0.15, 0.2) is 0 Å². The van der Waals surface area contributed by atoms with Crippen LogP contribution in [0, 0.1) is 12.8 Å². The lowest BCUT2D eigenvalue weighted by atomic mass is 10.1. The first kappa shape index (κ1) is 12.0. The number of thioether (sulfide) groups is 1. The van der Waals surface area contributed by atoms with Crippen LogP contribution < -0.4 is 5.32 Å². The van der Waals surface area contributed by atoms with Crippen molar-refractivity contribution >= 4 is 11.8 Å². The molecule has 1 aliphatic rings. The van der Waals surface area contributed by atoms with Crippen molar-refractivity contribution in [1.82, 2.24) is 5.32 Å². The molecule has 1 N–H and O–H groups in total. The van der Waals surface area contributed by atoms with E-state index in [1.807, 2.05) is 11.8 Å². The van der Waals surface area contributed by atoms with Crippen molar-refractivity contribution in [3.8, 4) is 0 Å². The predicted octanol–water partition coefficient (Wildman–Crippen LogP) is 3.61. The molecule has 16 heavy (non-hydrogen) atoms. The molecule has 1 atom stereocenters. The summed E-state index contributed by atoms with van der Waals surface area (Å²) in [6.45, 7) is 5.47. The average molecular weight is 235 g/mol. The van der Waals surface area contributed by atoms with Crippen LogP contribution in [0.25, 0.3) is 0 Å². The van der Waals surface area contributed by atoms with Crippen LogP contribution in [0.2, 0.25) is 0 Å². The van der Waals surface area contributed by atoms with E-state index in [1.165, 1.54) is 28.9 Å². The van der Waals surface area contributed by atoms with E-state index in [4.69, 9.17) is 0 Å². The second kappa shape index (κ2) is 5.24. The molecule has 1 aromatic carbocycles. The van der Waals surface area contributed by atoms with Crippen LogP contribution in [-0.2, 0) is 6.54 Å². The van der Waals surface area contributed by atoms with Gasteiger partial charge < -0.3 is 5.32 Å². The van der Waals surface area contributed by atoms with Gasteiger partial charge in [-0.2, -0.15) is 0 Å². The van der Waals surface area contributed by atoms with Crippen LogP contribution in [0.3, 0.4) is 0 Å². The zero-order valence-electron chi connectivity index (χ0n) is 10.4. The van der Waals surface area contributed by atoms with Gasteiger partial charge in [-0.05, 0) is 56.1 Å². The minimum Gasteiger partial charge on any atom is -0.310 e. The van der Waals surface area contributed by atoms with Gasteiger partial charge in [0.25, 0.3) is 0 Å². The molecule has 0 heterocycles. The zero-order valence-corrected chi connectivity index (χ0v) is 11.2. The van der Waals surface area contributed by atoms with Crippen molar-refractivity contribution in [1.29, 1.82) is 0 Å². The SMILES string of the molecule is CSc1cc(C)ccc1CNC(C)C1CC1. The summed E-state index contributed by atoms with van der Waals surface area (Å²) in [6, 6.07) is 7.42. The molecule has 1 aromatic rings. The lowest BCUT2D eigenvalue weighted by Gasteiger charge is -2.14. The normalized spacial score (nSPS) is 17.4. The van der Waals surface area contributed by atoms with Crippen molar-refractivity contribution in [2.45, 2.75) is 44.2 Å². The van der Waals surface area contributed by atoms with Gasteiger partial charge >= 0.3 is 0 Å². The third-order valence-corrected chi connectivity index (χ3v) is 4.21. The lowest BCUT2D eigenvalue weighted by molar-refractivity contribution is 0.494. The van der Waals surface area contributed by atoms with Gasteiger partial charge in [-0.25, -0.2) is 0 Å². The molecule has 2 heteroatoms. The summed E-state index contributed by atoms with van der Waals surface area (Å²) < 4.78 is 0. The maximum atomic E-state index is 3.64. The predicted molar refractivity (Wildman–Crippen MR) is 72.0 cm³/mol. The Hall–Kier alpha value is -0.470. The molecule has 0 spiro atoms. The van der Waals surface area contributed by atoms with E-state index in [0.717, 1.165) is 12.5 Å². The molecule has 1 nitrogen and oxygen atoms in total. The van der Waals surface area contributed by atoms with Crippen LogP contribution in [0.1, 0.15) is 30.9 Å². The first-order chi connectivity index (χ1) is 7.70. The van der Waals surface area contributed by atoms with Gasteiger partial charge in [-0.3, -0.25) is 0 Å². The Labute approximate surface area is 103 Å². The van der Waals surface area contributed by atoms with Crippen LogP contribution in [-0.4, -0.2) is 12.3 Å². The second-order valence-corrected chi connectivity index (χ2v) is 5.67. The van der Waals surface area contributed by atoms with Gasteiger partial charge in [0.05, 0.1) is 0 Å². The average Bonchev–Trinajstić information content (AvgIpc) is 3.10. The summed E-state index contributed by atoms with van der Waals surface area (Å²) in [4.78, 5) is 1.41. The number of nitrogens with one attached hydrogen (secondary N) is 1. The maximum absolute atomic E-state index is 3.64. The molecule has 0 aliphatic heterocycles. The van der Waals surface area contributed by atoms with E-state index in [0.29, 0.717) is 6.04 Å². The highest BCUT2D eigenvalue weighted by molar-refractivity contribution is 7.98. The van der Waals surface area contributed by atoms with E-state index < -0.39 is 0 Å². The molecule has 1 aliphatic carbocycles. The van der Waals surface area contributed by atoms with E-state index in [-0.39, 0.29) is 0 Å². The number of aryl methyl sites for hydroxylation is 1. The summed E-state index contributed by atoms with van der Waals surface area (Å²) in [5, 5.41) is 3.64. The fraction of sp³-hybridized carbons (Fsp3) is 0.571. The third-order valence-electron chi connectivity index (χ3n) is 3.39. The maximum Gasteiger partial charge on any atom is 0.0219 e. The highest BCUT2D eigenvalue weighted by Crippen LogP contribution is 2.32. The number of benzene rings is 1. The van der Waals surface area contributed by atoms with Gasteiger partial charge in [-0.15, -0.1) is 11.8 Å². The number of hydrogen-bond acceptors (Lipinski definition) is 2. The van der Waals surface area contributed by atoms with Crippen molar-refractivity contribution in [2.24, 2.45) is 5.92 Å². The third kappa shape index (κ3) is 3.02. The van der Waals surface area contributed by atoms with Crippen molar-refractivity contribution in [3.05, 3.63) is 29.3 Å². The fourth-order valence-electron chi connectivity index (χ4n) is 2.03. The zero-order chi connectivity index (χ0) is 11.5. The molecule has 0 aromatic heterocycles. The smallest absolute Gasteiger partial charge is 0.0219 e. The van der Waals surface area contributed by atoms with Crippen molar-refractivity contribution < 1.29 is 0 Å². The summed E-state index contributed by atoms with van der Waals surface area (Å²) in [7, 11) is 0. The molecule has 88 valence electrons. The molecule has 0 amide bonds. The van der Waals surface area contributed by atoms with Gasteiger partial charge in [-0.1, -0.05) is 12.1 Å². The van der Waals surface area contributed by atoms with E-state index in [2.05, 4.69) is 43.6 Å². The van der Waals surface area contributed by atoms with Crippen molar-refractivity contribution in [2.75, 3.05) is 6.26 Å². The Balaban J connectivity index is 1.97. The molecule has 0 bridgehead atoms. The standard InChI is InChI=1S/C14H21NS/c1-10-4-5-13(14(8-10)16-3)9-15-11(2)12-6-7-12/h4-5,8,11-12,15H,6-7,9H2,1-3H3. The first-order valence-corrected chi connectivity index (χ1v) is 7.30. The van der Waals surface area contributed by atoms with Crippen LogP contribution in [0.4, 0.5) is 0 Å².